The Morgan fingerprint density at radius 2 is 2.00 bits per heavy atom. The van der Waals surface area contributed by atoms with E-state index in [9.17, 15) is 4.79 Å². The molecule has 1 N–H and O–H groups in total. The number of ether oxygens (including phenoxy) is 1. The molecule has 0 bridgehead atoms. The monoisotopic (exact) mass is 359 g/mol. The van der Waals surface area contributed by atoms with E-state index in [1.807, 2.05) is 20.0 Å². The second kappa shape index (κ2) is 6.96. The smallest absolute Gasteiger partial charge is 0.252 e. The van der Waals surface area contributed by atoms with E-state index in [1.54, 1.807) is 10.9 Å². The van der Waals surface area contributed by atoms with Gasteiger partial charge in [-0.25, -0.2) is 4.98 Å². The summed E-state index contributed by atoms with van der Waals surface area (Å²) in [4.78, 5) is 19.4. The van der Waals surface area contributed by atoms with Gasteiger partial charge in [-0.3, -0.25) is 14.4 Å². The molecule has 7 nitrogen and oxygen atoms in total. The highest BCUT2D eigenvalue weighted by atomic mass is 16.5. The largest absolute Gasteiger partial charge is 0.373 e. The summed E-state index contributed by atoms with van der Waals surface area (Å²) < 4.78 is 7.55. The number of nitrogens with zero attached hydrogens (tertiary/aromatic N) is 4. The number of fused-ring (bicyclic) bond motifs is 1. The van der Waals surface area contributed by atoms with Crippen LogP contribution >= 0.6 is 0 Å². The molecule has 0 spiro atoms. The van der Waals surface area contributed by atoms with Crippen LogP contribution in [-0.4, -0.2) is 63.0 Å². The van der Waals surface area contributed by atoms with Crippen molar-refractivity contribution in [3.63, 3.8) is 0 Å². The van der Waals surface area contributed by atoms with Gasteiger partial charge in [-0.2, -0.15) is 5.10 Å². The average molecular weight is 359 g/mol. The van der Waals surface area contributed by atoms with Crippen LogP contribution in [0.15, 0.2) is 12.3 Å². The highest BCUT2D eigenvalue weighted by molar-refractivity contribution is 5.97. The molecule has 1 aliphatic heterocycles. The number of amides is 1. The molecule has 3 rings (SSSR count). The topological polar surface area (TPSA) is 72.3 Å². The highest BCUT2D eigenvalue weighted by Crippen LogP contribution is 2.21. The molecule has 3 heterocycles. The van der Waals surface area contributed by atoms with Crippen molar-refractivity contribution in [2.45, 2.75) is 52.4 Å². The van der Waals surface area contributed by atoms with E-state index in [1.165, 1.54) is 0 Å². The van der Waals surface area contributed by atoms with Crippen LogP contribution in [0.3, 0.4) is 0 Å². The molecule has 26 heavy (non-hydrogen) atoms. The summed E-state index contributed by atoms with van der Waals surface area (Å²) in [6.45, 7) is 12.7. The van der Waals surface area contributed by atoms with Crippen LogP contribution in [0.4, 0.5) is 0 Å². The van der Waals surface area contributed by atoms with Crippen molar-refractivity contribution in [2.24, 2.45) is 7.05 Å². The van der Waals surface area contributed by atoms with Gasteiger partial charge < -0.3 is 10.1 Å². The van der Waals surface area contributed by atoms with Gasteiger partial charge in [-0.1, -0.05) is 0 Å². The highest BCUT2D eigenvalue weighted by Gasteiger charge is 2.33. The minimum Gasteiger partial charge on any atom is -0.373 e. The van der Waals surface area contributed by atoms with Gasteiger partial charge in [-0.15, -0.1) is 0 Å². The number of rotatable bonds is 4. The third kappa shape index (κ3) is 3.73. The van der Waals surface area contributed by atoms with Crippen LogP contribution in [0, 0.1) is 6.92 Å². The van der Waals surface area contributed by atoms with Gasteiger partial charge in [0.15, 0.2) is 5.65 Å². The normalized spacial score (nSPS) is 21.9. The molecule has 2 aromatic rings. The molecule has 2 atom stereocenters. The Bertz CT molecular complexity index is 804. The lowest BCUT2D eigenvalue weighted by Gasteiger charge is -2.45. The van der Waals surface area contributed by atoms with Crippen LogP contribution in [0.2, 0.25) is 0 Å². The fourth-order valence-corrected chi connectivity index (χ4v) is 3.61. The number of hydrogen-bond acceptors (Lipinski definition) is 5. The van der Waals surface area contributed by atoms with Gasteiger partial charge in [0.05, 0.1) is 23.5 Å². The SMILES string of the molecule is Cc1nn(C)c2ncc(C(=O)NCC(C)(C)N3C[C@@H](C)O[C@@H](C)C3)cc12. The van der Waals surface area contributed by atoms with Crippen molar-refractivity contribution >= 4 is 16.9 Å². The number of carbonyl (C=O) groups is 1. The summed E-state index contributed by atoms with van der Waals surface area (Å²) in [5, 5.41) is 8.34. The number of morpholine rings is 1. The molecule has 0 saturated carbocycles. The Morgan fingerprint density at radius 3 is 2.65 bits per heavy atom. The number of aromatic nitrogens is 3. The Balaban J connectivity index is 1.69. The average Bonchev–Trinajstić information content (AvgIpc) is 2.86. The molecular weight excluding hydrogens is 330 g/mol. The van der Waals surface area contributed by atoms with Crippen molar-refractivity contribution in [3.05, 3.63) is 23.5 Å². The Hall–Kier alpha value is -1.99. The molecule has 0 aromatic carbocycles. The second-order valence-corrected chi connectivity index (χ2v) is 7.96. The lowest BCUT2D eigenvalue weighted by atomic mass is 10.00. The minimum absolute atomic E-state index is 0.106. The van der Waals surface area contributed by atoms with Crippen LogP contribution in [-0.2, 0) is 11.8 Å². The van der Waals surface area contributed by atoms with Gasteiger partial charge in [0.1, 0.15) is 0 Å². The number of aryl methyl sites for hydroxylation is 2. The van der Waals surface area contributed by atoms with Crippen molar-refractivity contribution in [1.29, 1.82) is 0 Å². The van der Waals surface area contributed by atoms with E-state index >= 15 is 0 Å². The Kier molecular flexibility index (Phi) is 5.03. The summed E-state index contributed by atoms with van der Waals surface area (Å²) in [5.41, 5.74) is 2.08. The van der Waals surface area contributed by atoms with Gasteiger partial charge >= 0.3 is 0 Å². The second-order valence-electron chi connectivity index (χ2n) is 7.96. The van der Waals surface area contributed by atoms with Crippen LogP contribution < -0.4 is 5.32 Å². The van der Waals surface area contributed by atoms with E-state index < -0.39 is 0 Å². The van der Waals surface area contributed by atoms with Gasteiger partial charge in [0, 0.05) is 43.8 Å². The van der Waals surface area contributed by atoms with Crippen LogP contribution in [0.5, 0.6) is 0 Å². The Labute approximate surface area is 154 Å². The van der Waals surface area contributed by atoms with Crippen molar-refractivity contribution in [2.75, 3.05) is 19.6 Å². The lowest BCUT2D eigenvalue weighted by Crippen LogP contribution is -2.58. The third-order valence-electron chi connectivity index (χ3n) is 5.08. The third-order valence-corrected chi connectivity index (χ3v) is 5.08. The fraction of sp³-hybridized carbons (Fsp3) is 0.632. The van der Waals surface area contributed by atoms with E-state index in [-0.39, 0.29) is 23.7 Å². The van der Waals surface area contributed by atoms with Gasteiger partial charge in [-0.05, 0) is 40.7 Å². The molecule has 2 aromatic heterocycles. The quantitative estimate of drug-likeness (QED) is 0.903. The maximum atomic E-state index is 12.6. The number of hydrogen-bond donors (Lipinski definition) is 1. The lowest BCUT2D eigenvalue weighted by molar-refractivity contribution is -0.0948. The first-order valence-electron chi connectivity index (χ1n) is 9.15. The van der Waals surface area contributed by atoms with Crippen molar-refractivity contribution in [1.82, 2.24) is 25.0 Å². The molecular formula is C19H29N5O2. The van der Waals surface area contributed by atoms with Crippen molar-refractivity contribution < 1.29 is 9.53 Å². The zero-order valence-electron chi connectivity index (χ0n) is 16.5. The first-order valence-corrected chi connectivity index (χ1v) is 9.15. The predicted octanol–water partition coefficient (Wildman–Crippen LogP) is 1.89. The van der Waals surface area contributed by atoms with Gasteiger partial charge in [0.2, 0.25) is 0 Å². The first kappa shape index (κ1) is 18.8. The minimum atomic E-state index is -0.149. The summed E-state index contributed by atoms with van der Waals surface area (Å²) in [5.74, 6) is -0.106. The number of nitrogens with one attached hydrogen (secondary N) is 1. The number of pyridine rings is 1. The molecule has 1 fully saturated rings. The molecule has 1 amide bonds. The van der Waals surface area contributed by atoms with Crippen molar-refractivity contribution in [3.8, 4) is 0 Å². The van der Waals surface area contributed by atoms with E-state index in [2.05, 4.69) is 48.0 Å². The van der Waals surface area contributed by atoms with E-state index in [0.717, 1.165) is 29.8 Å². The molecule has 0 aliphatic carbocycles. The predicted molar refractivity (Wildman–Crippen MR) is 101 cm³/mol. The maximum Gasteiger partial charge on any atom is 0.252 e. The molecule has 0 radical (unpaired) electrons. The summed E-state index contributed by atoms with van der Waals surface area (Å²) in [7, 11) is 1.86. The summed E-state index contributed by atoms with van der Waals surface area (Å²) in [6, 6.07) is 1.87. The van der Waals surface area contributed by atoms with E-state index in [0.29, 0.717) is 12.1 Å². The number of carbonyl (C=O) groups excluding carboxylic acids is 1. The van der Waals surface area contributed by atoms with Crippen LogP contribution in [0.25, 0.3) is 11.0 Å². The Morgan fingerprint density at radius 1 is 1.35 bits per heavy atom. The molecule has 7 heteroatoms. The molecule has 1 aliphatic rings. The summed E-state index contributed by atoms with van der Waals surface area (Å²) in [6.07, 6.45) is 2.02. The standard InChI is InChI=1S/C19H29N5O2/c1-12-9-24(10-13(2)26-12)19(4,5)11-21-18(25)15-7-16-14(3)22-23(6)17(16)20-8-15/h7-8,12-13H,9-11H2,1-6H3,(H,21,25)/t12-,13+. The maximum absolute atomic E-state index is 12.6. The molecule has 0 unspecified atom stereocenters. The van der Waals surface area contributed by atoms with Crippen LogP contribution in [0.1, 0.15) is 43.7 Å². The summed E-state index contributed by atoms with van der Waals surface area (Å²) >= 11 is 0. The van der Waals surface area contributed by atoms with Gasteiger partial charge in [0.25, 0.3) is 5.91 Å². The first-order chi connectivity index (χ1) is 12.2. The molecule has 1 saturated heterocycles. The zero-order chi connectivity index (χ0) is 19.1. The fourth-order valence-electron chi connectivity index (χ4n) is 3.61. The molecule has 142 valence electrons. The van der Waals surface area contributed by atoms with E-state index in [4.69, 9.17) is 4.74 Å². The zero-order valence-corrected chi connectivity index (χ0v) is 16.5.